The Balaban J connectivity index is 3.05. The number of hydrogen-bond acceptors (Lipinski definition) is 3. The van der Waals surface area contributed by atoms with E-state index >= 15 is 0 Å². The van der Waals surface area contributed by atoms with Crippen molar-refractivity contribution in [3.63, 3.8) is 0 Å². The third kappa shape index (κ3) is 4.30. The zero-order chi connectivity index (χ0) is 13.1. The molecule has 0 heterocycles. The van der Waals surface area contributed by atoms with Crippen molar-refractivity contribution in [1.82, 2.24) is 0 Å². The fourth-order valence-electron chi connectivity index (χ4n) is 1.61. The van der Waals surface area contributed by atoms with Crippen LogP contribution in [0.4, 0.5) is 0 Å². The van der Waals surface area contributed by atoms with Crippen molar-refractivity contribution in [2.45, 2.75) is 44.3 Å². The second-order valence-electron chi connectivity index (χ2n) is 4.09. The van der Waals surface area contributed by atoms with E-state index in [1.54, 1.807) is 12.1 Å². The van der Waals surface area contributed by atoms with Crippen LogP contribution in [0, 0.1) is 0 Å². The van der Waals surface area contributed by atoms with Crippen LogP contribution in [0.15, 0.2) is 29.2 Å². The minimum atomic E-state index is -3.68. The molecule has 0 radical (unpaired) electrons. The van der Waals surface area contributed by atoms with Gasteiger partial charge in [-0.2, -0.15) is 0 Å². The summed E-state index contributed by atoms with van der Waals surface area (Å²) in [5.74, 6) is 0. The SMILES string of the molecule is CCC(OC(C)C)c1cccc(S(=O)(=O)Cl)c1. The zero-order valence-electron chi connectivity index (χ0n) is 10.2. The van der Waals surface area contributed by atoms with E-state index in [0.717, 1.165) is 12.0 Å². The average molecular weight is 277 g/mol. The van der Waals surface area contributed by atoms with Crippen molar-refractivity contribution < 1.29 is 13.2 Å². The Morgan fingerprint density at radius 1 is 1.35 bits per heavy atom. The summed E-state index contributed by atoms with van der Waals surface area (Å²) in [5.41, 5.74) is 0.836. The minimum Gasteiger partial charge on any atom is -0.371 e. The molecule has 0 fully saturated rings. The van der Waals surface area contributed by atoms with Gasteiger partial charge in [0.15, 0.2) is 0 Å². The van der Waals surface area contributed by atoms with Gasteiger partial charge < -0.3 is 4.74 Å². The highest BCUT2D eigenvalue weighted by atomic mass is 35.7. The Kier molecular flexibility index (Phi) is 4.98. The topological polar surface area (TPSA) is 43.4 Å². The summed E-state index contributed by atoms with van der Waals surface area (Å²) >= 11 is 0. The third-order valence-electron chi connectivity index (χ3n) is 2.32. The molecule has 0 bridgehead atoms. The molecule has 5 heteroatoms. The first-order chi connectivity index (χ1) is 7.84. The molecule has 1 aromatic carbocycles. The van der Waals surface area contributed by atoms with Gasteiger partial charge in [-0.25, -0.2) is 8.42 Å². The lowest BCUT2D eigenvalue weighted by atomic mass is 10.1. The van der Waals surface area contributed by atoms with E-state index in [9.17, 15) is 8.42 Å². The van der Waals surface area contributed by atoms with Gasteiger partial charge in [-0.3, -0.25) is 0 Å². The summed E-state index contributed by atoms with van der Waals surface area (Å²) in [5, 5.41) is 0. The lowest BCUT2D eigenvalue weighted by Gasteiger charge is -2.19. The second kappa shape index (κ2) is 5.85. The fourth-order valence-corrected chi connectivity index (χ4v) is 2.41. The summed E-state index contributed by atoms with van der Waals surface area (Å²) in [7, 11) is 1.64. The average Bonchev–Trinajstić information content (AvgIpc) is 2.24. The summed E-state index contributed by atoms with van der Waals surface area (Å²) in [6.45, 7) is 5.89. The van der Waals surface area contributed by atoms with Crippen molar-refractivity contribution in [2.75, 3.05) is 0 Å². The smallest absolute Gasteiger partial charge is 0.261 e. The number of hydrogen-bond donors (Lipinski definition) is 0. The van der Waals surface area contributed by atoms with Gasteiger partial charge in [0, 0.05) is 10.7 Å². The maximum Gasteiger partial charge on any atom is 0.261 e. The Hall–Kier alpha value is -0.580. The molecule has 0 spiro atoms. The van der Waals surface area contributed by atoms with Gasteiger partial charge in [0.05, 0.1) is 17.1 Å². The van der Waals surface area contributed by atoms with Gasteiger partial charge in [0.1, 0.15) is 0 Å². The van der Waals surface area contributed by atoms with Gasteiger partial charge in [0.2, 0.25) is 0 Å². The summed E-state index contributed by atoms with van der Waals surface area (Å²) < 4.78 is 28.2. The highest BCUT2D eigenvalue weighted by Crippen LogP contribution is 2.25. The standard InChI is InChI=1S/C12H17ClO3S/c1-4-12(16-9(2)3)10-6-5-7-11(8-10)17(13,14)15/h5-9,12H,4H2,1-3H3. The molecule has 0 aliphatic heterocycles. The first-order valence-corrected chi connectivity index (χ1v) is 7.85. The van der Waals surface area contributed by atoms with Crippen LogP contribution in [-0.4, -0.2) is 14.5 Å². The Labute approximate surface area is 107 Å². The van der Waals surface area contributed by atoms with Crippen LogP contribution in [0.3, 0.4) is 0 Å². The molecule has 0 N–H and O–H groups in total. The second-order valence-corrected chi connectivity index (χ2v) is 6.66. The number of halogens is 1. The normalized spacial score (nSPS) is 13.9. The molecule has 1 rings (SSSR count). The predicted molar refractivity (Wildman–Crippen MR) is 68.7 cm³/mol. The molecule has 0 aromatic heterocycles. The molecule has 1 aromatic rings. The van der Waals surface area contributed by atoms with Gasteiger partial charge in [0.25, 0.3) is 9.05 Å². The lowest BCUT2D eigenvalue weighted by molar-refractivity contribution is 0.00437. The molecule has 1 unspecified atom stereocenters. The highest BCUT2D eigenvalue weighted by Gasteiger charge is 2.15. The predicted octanol–water partition coefficient (Wildman–Crippen LogP) is 3.49. The van der Waals surface area contributed by atoms with Crippen LogP contribution in [0.1, 0.15) is 38.9 Å². The van der Waals surface area contributed by atoms with E-state index < -0.39 is 9.05 Å². The number of ether oxygens (including phenoxy) is 1. The van der Waals surface area contributed by atoms with Crippen molar-refractivity contribution in [3.05, 3.63) is 29.8 Å². The van der Waals surface area contributed by atoms with Crippen molar-refractivity contribution >= 4 is 19.7 Å². The number of benzene rings is 1. The van der Waals surface area contributed by atoms with Crippen LogP contribution in [0.2, 0.25) is 0 Å². The van der Waals surface area contributed by atoms with E-state index in [4.69, 9.17) is 15.4 Å². The minimum absolute atomic E-state index is 0.0937. The van der Waals surface area contributed by atoms with Crippen LogP contribution in [0.25, 0.3) is 0 Å². The third-order valence-corrected chi connectivity index (χ3v) is 3.67. The molecule has 0 aliphatic rings. The van der Waals surface area contributed by atoms with E-state index in [2.05, 4.69) is 0 Å². The van der Waals surface area contributed by atoms with Crippen molar-refractivity contribution in [2.24, 2.45) is 0 Å². The first kappa shape index (κ1) is 14.5. The van der Waals surface area contributed by atoms with E-state index in [0.29, 0.717) is 0 Å². The highest BCUT2D eigenvalue weighted by molar-refractivity contribution is 8.13. The van der Waals surface area contributed by atoms with Crippen molar-refractivity contribution in [1.29, 1.82) is 0 Å². The molecule has 0 aliphatic carbocycles. The van der Waals surface area contributed by atoms with Gasteiger partial charge in [-0.1, -0.05) is 19.1 Å². The Morgan fingerprint density at radius 2 is 2.00 bits per heavy atom. The molecule has 0 saturated carbocycles. The number of rotatable bonds is 5. The van der Waals surface area contributed by atoms with Crippen LogP contribution in [0.5, 0.6) is 0 Å². The molecule has 96 valence electrons. The molecule has 0 saturated heterocycles. The quantitative estimate of drug-likeness (QED) is 0.773. The molecule has 0 amide bonds. The zero-order valence-corrected chi connectivity index (χ0v) is 11.8. The first-order valence-electron chi connectivity index (χ1n) is 5.54. The molecule has 1 atom stereocenters. The van der Waals surface area contributed by atoms with Crippen LogP contribution < -0.4 is 0 Å². The Bertz CT molecular complexity index is 468. The van der Waals surface area contributed by atoms with E-state index in [1.165, 1.54) is 6.07 Å². The fraction of sp³-hybridized carbons (Fsp3) is 0.500. The molecule has 3 nitrogen and oxygen atoms in total. The Morgan fingerprint density at radius 3 is 2.47 bits per heavy atom. The largest absolute Gasteiger partial charge is 0.371 e. The molecular weight excluding hydrogens is 260 g/mol. The van der Waals surface area contributed by atoms with Crippen LogP contribution in [-0.2, 0) is 13.8 Å². The maximum absolute atomic E-state index is 11.2. The van der Waals surface area contributed by atoms with Gasteiger partial charge >= 0.3 is 0 Å². The van der Waals surface area contributed by atoms with Gasteiger partial charge in [-0.05, 0) is 38.0 Å². The molecule has 17 heavy (non-hydrogen) atoms. The monoisotopic (exact) mass is 276 g/mol. The summed E-state index contributed by atoms with van der Waals surface area (Å²) in [4.78, 5) is 0.113. The van der Waals surface area contributed by atoms with E-state index in [1.807, 2.05) is 26.8 Å². The lowest BCUT2D eigenvalue weighted by Crippen LogP contribution is -2.10. The van der Waals surface area contributed by atoms with Crippen molar-refractivity contribution in [3.8, 4) is 0 Å². The maximum atomic E-state index is 11.2. The van der Waals surface area contributed by atoms with Gasteiger partial charge in [-0.15, -0.1) is 0 Å². The summed E-state index contributed by atoms with van der Waals surface area (Å²) in [6.07, 6.45) is 0.772. The van der Waals surface area contributed by atoms with E-state index in [-0.39, 0.29) is 17.1 Å². The molecular formula is C12H17ClO3S. The van der Waals surface area contributed by atoms with Crippen LogP contribution >= 0.6 is 10.7 Å². The summed E-state index contributed by atoms with van der Waals surface area (Å²) in [6, 6.07) is 6.58.